The molecule has 70 valence electrons. The van der Waals surface area contributed by atoms with Crippen LogP contribution >= 0.6 is 0 Å². The Hall–Kier alpha value is -0.770. The van der Waals surface area contributed by atoms with Crippen LogP contribution in [0.15, 0.2) is 0 Å². The van der Waals surface area contributed by atoms with Gasteiger partial charge in [-0.1, -0.05) is 6.92 Å². The first-order valence-corrected chi connectivity index (χ1v) is 4.36. The van der Waals surface area contributed by atoms with E-state index in [-0.39, 0.29) is 12.1 Å². The molecule has 1 fully saturated rings. The van der Waals surface area contributed by atoms with Crippen molar-refractivity contribution in [1.29, 1.82) is 0 Å². The molecule has 0 aromatic heterocycles. The maximum absolute atomic E-state index is 11.2. The van der Waals surface area contributed by atoms with E-state index >= 15 is 0 Å². The maximum atomic E-state index is 11.2. The summed E-state index contributed by atoms with van der Waals surface area (Å²) in [7, 11) is 1.65. The van der Waals surface area contributed by atoms with Crippen LogP contribution in [0.5, 0.6) is 0 Å². The van der Waals surface area contributed by atoms with Gasteiger partial charge in [0.25, 0.3) is 0 Å². The average Bonchev–Trinajstić information content (AvgIpc) is 2.17. The Kier molecular flexibility index (Phi) is 3.34. The average molecular weight is 172 g/mol. The summed E-state index contributed by atoms with van der Waals surface area (Å²) in [5.41, 5.74) is 0. The molecular formula is C8H16N2O2. The number of morpholine rings is 1. The number of rotatable bonds is 1. The molecular weight excluding hydrogens is 156 g/mol. The van der Waals surface area contributed by atoms with Crippen LogP contribution in [0.4, 0.5) is 4.79 Å². The summed E-state index contributed by atoms with van der Waals surface area (Å²) in [5, 5.41) is 2.61. The first kappa shape index (κ1) is 9.32. The predicted octanol–water partition coefficient (Wildman–Crippen LogP) is 0.437. The molecule has 12 heavy (non-hydrogen) atoms. The van der Waals surface area contributed by atoms with Crippen LogP contribution in [0.3, 0.4) is 0 Å². The van der Waals surface area contributed by atoms with Crippen molar-refractivity contribution in [3.8, 4) is 0 Å². The van der Waals surface area contributed by atoms with Crippen molar-refractivity contribution in [2.75, 3.05) is 26.7 Å². The van der Waals surface area contributed by atoms with Gasteiger partial charge in [0.15, 0.2) is 0 Å². The quantitative estimate of drug-likeness (QED) is 0.623. The van der Waals surface area contributed by atoms with Crippen molar-refractivity contribution in [2.24, 2.45) is 0 Å². The van der Waals surface area contributed by atoms with Crippen LogP contribution in [-0.2, 0) is 4.74 Å². The number of carbonyl (C=O) groups is 1. The fourth-order valence-electron chi connectivity index (χ4n) is 1.31. The third-order valence-electron chi connectivity index (χ3n) is 2.10. The maximum Gasteiger partial charge on any atom is 0.317 e. The zero-order valence-corrected chi connectivity index (χ0v) is 7.67. The number of hydrogen-bond donors (Lipinski definition) is 1. The lowest BCUT2D eigenvalue weighted by atomic mass is 10.2. The first-order valence-electron chi connectivity index (χ1n) is 4.36. The normalized spacial score (nSPS) is 23.8. The standard InChI is InChI=1S/C8H16N2O2/c1-3-7-6-10(4-5-12-7)8(11)9-2/h7H,3-6H2,1-2H3,(H,9,11). The largest absolute Gasteiger partial charge is 0.375 e. The summed E-state index contributed by atoms with van der Waals surface area (Å²) >= 11 is 0. The van der Waals surface area contributed by atoms with Gasteiger partial charge in [-0.2, -0.15) is 0 Å². The van der Waals surface area contributed by atoms with Crippen molar-refractivity contribution in [3.05, 3.63) is 0 Å². The number of nitrogens with zero attached hydrogens (tertiary/aromatic N) is 1. The highest BCUT2D eigenvalue weighted by Crippen LogP contribution is 2.07. The lowest BCUT2D eigenvalue weighted by Crippen LogP contribution is -2.48. The smallest absolute Gasteiger partial charge is 0.317 e. The molecule has 2 amide bonds. The second-order valence-electron chi connectivity index (χ2n) is 2.90. The van der Waals surface area contributed by atoms with Crippen molar-refractivity contribution in [3.63, 3.8) is 0 Å². The molecule has 1 atom stereocenters. The number of amides is 2. The molecule has 1 N–H and O–H groups in total. The van der Waals surface area contributed by atoms with Gasteiger partial charge in [0.2, 0.25) is 0 Å². The fourth-order valence-corrected chi connectivity index (χ4v) is 1.31. The van der Waals surface area contributed by atoms with Gasteiger partial charge in [0.1, 0.15) is 0 Å². The van der Waals surface area contributed by atoms with Gasteiger partial charge in [-0.3, -0.25) is 0 Å². The molecule has 1 aliphatic heterocycles. The number of ether oxygens (including phenoxy) is 1. The van der Waals surface area contributed by atoms with E-state index in [0.717, 1.165) is 13.0 Å². The number of urea groups is 1. The molecule has 0 spiro atoms. The van der Waals surface area contributed by atoms with Gasteiger partial charge in [-0.05, 0) is 6.42 Å². The van der Waals surface area contributed by atoms with Gasteiger partial charge in [-0.15, -0.1) is 0 Å². The third kappa shape index (κ3) is 2.11. The zero-order chi connectivity index (χ0) is 8.97. The minimum Gasteiger partial charge on any atom is -0.375 e. The lowest BCUT2D eigenvalue weighted by Gasteiger charge is -2.32. The summed E-state index contributed by atoms with van der Waals surface area (Å²) in [4.78, 5) is 13.0. The Balaban J connectivity index is 2.40. The van der Waals surface area contributed by atoms with E-state index in [9.17, 15) is 4.79 Å². The highest BCUT2D eigenvalue weighted by atomic mass is 16.5. The van der Waals surface area contributed by atoms with Gasteiger partial charge in [0, 0.05) is 20.1 Å². The molecule has 4 nitrogen and oxygen atoms in total. The van der Waals surface area contributed by atoms with E-state index < -0.39 is 0 Å². The minimum atomic E-state index is -0.00301. The van der Waals surface area contributed by atoms with Crippen molar-refractivity contribution < 1.29 is 9.53 Å². The predicted molar refractivity (Wildman–Crippen MR) is 46.1 cm³/mol. The van der Waals surface area contributed by atoms with Gasteiger partial charge < -0.3 is 15.0 Å². The minimum absolute atomic E-state index is 0.00301. The Morgan fingerprint density at radius 3 is 3.08 bits per heavy atom. The molecule has 0 aliphatic carbocycles. The van der Waals surface area contributed by atoms with Crippen LogP contribution in [0.25, 0.3) is 0 Å². The molecule has 1 saturated heterocycles. The molecule has 1 rings (SSSR count). The molecule has 1 unspecified atom stereocenters. The fraction of sp³-hybridized carbons (Fsp3) is 0.875. The van der Waals surface area contributed by atoms with Crippen molar-refractivity contribution in [2.45, 2.75) is 19.4 Å². The highest BCUT2D eigenvalue weighted by molar-refractivity contribution is 5.73. The second kappa shape index (κ2) is 4.30. The number of nitrogens with one attached hydrogen (secondary N) is 1. The Morgan fingerprint density at radius 2 is 2.50 bits per heavy atom. The van der Waals surface area contributed by atoms with E-state index in [1.54, 1.807) is 11.9 Å². The van der Waals surface area contributed by atoms with Crippen molar-refractivity contribution >= 4 is 6.03 Å². The van der Waals surface area contributed by atoms with Gasteiger partial charge in [0.05, 0.1) is 12.7 Å². The van der Waals surface area contributed by atoms with E-state index in [0.29, 0.717) is 13.2 Å². The summed E-state index contributed by atoms with van der Waals surface area (Å²) < 4.78 is 5.43. The molecule has 0 saturated carbocycles. The molecule has 0 aromatic carbocycles. The van der Waals surface area contributed by atoms with Crippen LogP contribution < -0.4 is 5.32 Å². The Labute approximate surface area is 72.9 Å². The van der Waals surface area contributed by atoms with Crippen LogP contribution in [-0.4, -0.2) is 43.8 Å². The molecule has 0 radical (unpaired) electrons. The zero-order valence-electron chi connectivity index (χ0n) is 7.67. The topological polar surface area (TPSA) is 41.6 Å². The first-order chi connectivity index (χ1) is 5.77. The van der Waals surface area contributed by atoms with Crippen LogP contribution in [0.2, 0.25) is 0 Å². The Morgan fingerprint density at radius 1 is 1.75 bits per heavy atom. The number of hydrogen-bond acceptors (Lipinski definition) is 2. The summed E-state index contributed by atoms with van der Waals surface area (Å²) in [6, 6.07) is -0.00301. The molecule has 1 aliphatic rings. The van der Waals surface area contributed by atoms with E-state index in [4.69, 9.17) is 4.74 Å². The summed E-state index contributed by atoms with van der Waals surface area (Å²) in [6.45, 7) is 4.15. The molecule has 4 heteroatoms. The molecule has 1 heterocycles. The van der Waals surface area contributed by atoms with E-state index in [1.165, 1.54) is 0 Å². The monoisotopic (exact) mass is 172 g/mol. The van der Waals surface area contributed by atoms with E-state index in [2.05, 4.69) is 12.2 Å². The summed E-state index contributed by atoms with van der Waals surface area (Å²) in [5.74, 6) is 0. The van der Waals surface area contributed by atoms with Gasteiger partial charge >= 0.3 is 6.03 Å². The third-order valence-corrected chi connectivity index (χ3v) is 2.10. The highest BCUT2D eigenvalue weighted by Gasteiger charge is 2.21. The second-order valence-corrected chi connectivity index (χ2v) is 2.90. The molecule has 0 bridgehead atoms. The Bertz CT molecular complexity index is 161. The van der Waals surface area contributed by atoms with E-state index in [1.807, 2.05) is 0 Å². The van der Waals surface area contributed by atoms with Gasteiger partial charge in [-0.25, -0.2) is 4.79 Å². The van der Waals surface area contributed by atoms with Crippen LogP contribution in [0.1, 0.15) is 13.3 Å². The SMILES string of the molecule is CCC1CN(C(=O)NC)CCO1. The lowest BCUT2D eigenvalue weighted by molar-refractivity contribution is -0.0151. The summed E-state index contributed by atoms with van der Waals surface area (Å²) in [6.07, 6.45) is 1.18. The number of carbonyl (C=O) groups excluding carboxylic acids is 1. The molecule has 0 aromatic rings. The van der Waals surface area contributed by atoms with Crippen molar-refractivity contribution in [1.82, 2.24) is 10.2 Å². The van der Waals surface area contributed by atoms with Crippen LogP contribution in [0, 0.1) is 0 Å².